The molecule has 1 aliphatic carbocycles. The zero-order chi connectivity index (χ0) is 17.8. The molecule has 0 unspecified atom stereocenters. The maximum atomic E-state index is 3.87. The topological polar surface area (TPSA) is 0 Å². The molecular formula is C24H25BrSi. The first-order chi connectivity index (χ1) is 12.8. The molecule has 4 rings (SSSR count). The zero-order valence-electron chi connectivity index (χ0n) is 15.0. The van der Waals surface area contributed by atoms with Crippen molar-refractivity contribution in [2.24, 2.45) is 0 Å². The Morgan fingerprint density at radius 3 is 1.23 bits per heavy atom. The summed E-state index contributed by atoms with van der Waals surface area (Å²) in [6, 6.07) is 34.1. The van der Waals surface area contributed by atoms with E-state index < -0.39 is 8.07 Å². The van der Waals surface area contributed by atoms with Gasteiger partial charge in [0.15, 0.2) is 8.07 Å². The number of benzene rings is 3. The summed E-state index contributed by atoms with van der Waals surface area (Å²) < 4.78 is 0. The van der Waals surface area contributed by atoms with Gasteiger partial charge in [0, 0.05) is 4.83 Å². The first-order valence-electron chi connectivity index (χ1n) is 9.62. The van der Waals surface area contributed by atoms with Crippen LogP contribution in [0.4, 0.5) is 0 Å². The molecule has 2 heteroatoms. The highest BCUT2D eigenvalue weighted by atomic mass is 79.9. The Kier molecular flexibility index (Phi) is 5.42. The second kappa shape index (κ2) is 7.94. The highest BCUT2D eigenvalue weighted by molar-refractivity contribution is 9.09. The molecule has 3 aromatic rings. The van der Waals surface area contributed by atoms with Crippen molar-refractivity contribution in [2.75, 3.05) is 0 Å². The molecule has 1 aliphatic rings. The van der Waals surface area contributed by atoms with E-state index in [4.69, 9.17) is 0 Å². The predicted molar refractivity (Wildman–Crippen MR) is 119 cm³/mol. The second-order valence-electron chi connectivity index (χ2n) is 7.35. The molecule has 0 aliphatic heterocycles. The molecule has 0 N–H and O–H groups in total. The zero-order valence-corrected chi connectivity index (χ0v) is 17.6. The fourth-order valence-electron chi connectivity index (χ4n) is 4.80. The van der Waals surface area contributed by atoms with Gasteiger partial charge in [-0.1, -0.05) is 120 Å². The van der Waals surface area contributed by atoms with E-state index in [1.54, 1.807) is 15.6 Å². The van der Waals surface area contributed by atoms with Crippen LogP contribution in [0.15, 0.2) is 91.0 Å². The van der Waals surface area contributed by atoms with Crippen molar-refractivity contribution in [3.8, 4) is 0 Å². The van der Waals surface area contributed by atoms with Gasteiger partial charge < -0.3 is 0 Å². The molecule has 132 valence electrons. The van der Waals surface area contributed by atoms with Crippen LogP contribution in [0.5, 0.6) is 0 Å². The highest BCUT2D eigenvalue weighted by Gasteiger charge is 2.46. The van der Waals surface area contributed by atoms with Gasteiger partial charge in [-0.25, -0.2) is 0 Å². The molecule has 0 amide bonds. The van der Waals surface area contributed by atoms with Crippen LogP contribution in [-0.4, -0.2) is 12.9 Å². The maximum absolute atomic E-state index is 3.87. The molecule has 0 bridgehead atoms. The molecule has 3 aromatic carbocycles. The number of halogens is 1. The van der Waals surface area contributed by atoms with Gasteiger partial charge in [0.05, 0.1) is 0 Å². The Morgan fingerprint density at radius 1 is 0.538 bits per heavy atom. The summed E-state index contributed by atoms with van der Waals surface area (Å²) in [5, 5.41) is 4.65. The monoisotopic (exact) mass is 420 g/mol. The highest BCUT2D eigenvalue weighted by Crippen LogP contribution is 2.39. The average molecular weight is 421 g/mol. The van der Waals surface area contributed by atoms with Crippen LogP contribution >= 0.6 is 15.9 Å². The molecule has 0 heterocycles. The van der Waals surface area contributed by atoms with Crippen LogP contribution < -0.4 is 15.6 Å². The van der Waals surface area contributed by atoms with Gasteiger partial charge in [0.2, 0.25) is 0 Å². The van der Waals surface area contributed by atoms with Gasteiger partial charge in [-0.3, -0.25) is 0 Å². The largest absolute Gasteiger partial charge is 0.151 e. The summed E-state index contributed by atoms with van der Waals surface area (Å²) in [5.41, 5.74) is 0.739. The van der Waals surface area contributed by atoms with Crippen LogP contribution in [0, 0.1) is 0 Å². The van der Waals surface area contributed by atoms with Crippen LogP contribution in [0.3, 0.4) is 0 Å². The van der Waals surface area contributed by atoms with Crippen LogP contribution in [0.2, 0.25) is 5.54 Å². The molecular weight excluding hydrogens is 396 g/mol. The van der Waals surface area contributed by atoms with E-state index >= 15 is 0 Å². The standard InChI is InChI=1S/C24H25BrSi/c25-20-16-18-24(19-17-20)26(21-10-4-1-5-11-21,22-12-6-2-7-13-22)23-14-8-3-9-15-23/h1-15,20,24H,16-19H2. The quantitative estimate of drug-likeness (QED) is 0.321. The number of rotatable bonds is 4. The summed E-state index contributed by atoms with van der Waals surface area (Å²) in [7, 11) is -2.07. The van der Waals surface area contributed by atoms with Gasteiger partial charge >= 0.3 is 0 Å². The molecule has 0 atom stereocenters. The van der Waals surface area contributed by atoms with E-state index in [1.165, 1.54) is 25.7 Å². The third-order valence-electron chi connectivity index (χ3n) is 5.96. The first-order valence-corrected chi connectivity index (χ1v) is 12.6. The van der Waals surface area contributed by atoms with Gasteiger partial charge in [-0.2, -0.15) is 0 Å². The van der Waals surface area contributed by atoms with Crippen molar-refractivity contribution in [3.63, 3.8) is 0 Å². The van der Waals surface area contributed by atoms with Gasteiger partial charge in [0.1, 0.15) is 0 Å². The normalized spacial score (nSPS) is 20.7. The summed E-state index contributed by atoms with van der Waals surface area (Å²) in [6.45, 7) is 0. The van der Waals surface area contributed by atoms with Crippen molar-refractivity contribution in [3.05, 3.63) is 91.0 Å². The van der Waals surface area contributed by atoms with Crippen molar-refractivity contribution in [2.45, 2.75) is 36.1 Å². The molecule has 1 fully saturated rings. The second-order valence-corrected chi connectivity index (χ2v) is 12.8. The van der Waals surface area contributed by atoms with E-state index in [1.807, 2.05) is 0 Å². The number of hydrogen-bond acceptors (Lipinski definition) is 0. The molecule has 0 saturated heterocycles. The Bertz CT molecular complexity index is 712. The predicted octanol–water partition coefficient (Wildman–Crippen LogP) is 4.86. The summed E-state index contributed by atoms with van der Waals surface area (Å²) in [6.07, 6.45) is 5.18. The molecule has 0 nitrogen and oxygen atoms in total. The van der Waals surface area contributed by atoms with E-state index in [0.717, 1.165) is 5.54 Å². The van der Waals surface area contributed by atoms with E-state index in [2.05, 4.69) is 107 Å². The van der Waals surface area contributed by atoms with Crippen LogP contribution in [-0.2, 0) is 0 Å². The minimum absolute atomic E-state index is 0.688. The lowest BCUT2D eigenvalue weighted by atomic mass is 10.00. The average Bonchev–Trinajstić information content (AvgIpc) is 2.72. The first kappa shape index (κ1) is 17.8. The minimum atomic E-state index is -2.07. The Balaban J connectivity index is 1.97. The van der Waals surface area contributed by atoms with Gasteiger partial charge in [-0.05, 0) is 33.9 Å². The minimum Gasteiger partial charge on any atom is -0.0891 e. The lowest BCUT2D eigenvalue weighted by Gasteiger charge is -2.43. The Morgan fingerprint density at radius 2 is 0.885 bits per heavy atom. The third kappa shape index (κ3) is 3.21. The van der Waals surface area contributed by atoms with Crippen molar-refractivity contribution >= 4 is 39.6 Å². The van der Waals surface area contributed by atoms with Gasteiger partial charge in [0.25, 0.3) is 0 Å². The molecule has 0 spiro atoms. The fraction of sp³-hybridized carbons (Fsp3) is 0.250. The lowest BCUT2D eigenvalue weighted by molar-refractivity contribution is 0.513. The van der Waals surface area contributed by atoms with Gasteiger partial charge in [-0.15, -0.1) is 0 Å². The molecule has 0 aromatic heterocycles. The Hall–Kier alpha value is -1.64. The number of hydrogen-bond donors (Lipinski definition) is 0. The van der Waals surface area contributed by atoms with E-state index in [-0.39, 0.29) is 0 Å². The van der Waals surface area contributed by atoms with E-state index in [9.17, 15) is 0 Å². The number of alkyl halides is 1. The van der Waals surface area contributed by atoms with Crippen molar-refractivity contribution in [1.82, 2.24) is 0 Å². The molecule has 1 saturated carbocycles. The van der Waals surface area contributed by atoms with Crippen LogP contribution in [0.25, 0.3) is 0 Å². The summed E-state index contributed by atoms with van der Waals surface area (Å²) in [5.74, 6) is 0. The van der Waals surface area contributed by atoms with Crippen LogP contribution in [0.1, 0.15) is 25.7 Å². The summed E-state index contributed by atoms with van der Waals surface area (Å²) in [4.78, 5) is 0.688. The Labute approximate surface area is 166 Å². The van der Waals surface area contributed by atoms with Crippen molar-refractivity contribution < 1.29 is 0 Å². The fourth-order valence-corrected chi connectivity index (χ4v) is 11.1. The third-order valence-corrected chi connectivity index (χ3v) is 12.4. The molecule has 26 heavy (non-hydrogen) atoms. The van der Waals surface area contributed by atoms with Crippen molar-refractivity contribution in [1.29, 1.82) is 0 Å². The van der Waals surface area contributed by atoms with E-state index in [0.29, 0.717) is 4.83 Å². The molecule has 0 radical (unpaired) electrons. The summed E-state index contributed by atoms with van der Waals surface area (Å²) >= 11 is 3.87. The lowest BCUT2D eigenvalue weighted by Crippen LogP contribution is -2.70. The SMILES string of the molecule is BrC1CCC([Si](c2ccccc2)(c2ccccc2)c2ccccc2)CC1. The smallest absolute Gasteiger partial charge is 0.0891 e. The maximum Gasteiger partial charge on any atom is 0.151 e.